The third-order valence-corrected chi connectivity index (χ3v) is 3.84. The lowest BCUT2D eigenvalue weighted by Crippen LogP contribution is -2.36. The zero-order valence-corrected chi connectivity index (χ0v) is 11.3. The first-order valence-corrected chi connectivity index (χ1v) is 6.72. The molecule has 1 saturated heterocycles. The molecule has 1 aliphatic rings. The van der Waals surface area contributed by atoms with Crippen molar-refractivity contribution >= 4 is 5.82 Å². The highest BCUT2D eigenvalue weighted by atomic mass is 16.3. The lowest BCUT2D eigenvalue weighted by molar-refractivity contribution is 0.0696. The molecule has 2 N–H and O–H groups in total. The van der Waals surface area contributed by atoms with E-state index < -0.39 is 0 Å². The van der Waals surface area contributed by atoms with Crippen LogP contribution < -0.4 is 5.32 Å². The summed E-state index contributed by atoms with van der Waals surface area (Å²) in [6, 6.07) is 4.11. The van der Waals surface area contributed by atoms with Gasteiger partial charge in [0.25, 0.3) is 0 Å². The molecule has 1 aromatic rings. The Bertz CT molecular complexity index is 373. The van der Waals surface area contributed by atoms with Gasteiger partial charge in [-0.2, -0.15) is 0 Å². The number of pyridine rings is 1. The lowest BCUT2D eigenvalue weighted by Gasteiger charge is -2.33. The number of nitrogens with zero attached hydrogens (tertiary/aromatic N) is 2. The highest BCUT2D eigenvalue weighted by molar-refractivity contribution is 5.42. The van der Waals surface area contributed by atoms with Gasteiger partial charge in [0.05, 0.1) is 6.10 Å². The summed E-state index contributed by atoms with van der Waals surface area (Å²) in [4.78, 5) is 6.77. The molecule has 0 amide bonds. The Morgan fingerprint density at radius 1 is 1.50 bits per heavy atom. The summed E-state index contributed by atoms with van der Waals surface area (Å²) in [5.74, 6) is 1.44. The monoisotopic (exact) mass is 249 g/mol. The molecule has 0 bridgehead atoms. The van der Waals surface area contributed by atoms with Crippen LogP contribution in [0.1, 0.15) is 25.3 Å². The summed E-state index contributed by atoms with van der Waals surface area (Å²) in [6.45, 7) is 4.97. The number of nitrogens with one attached hydrogen (secondary N) is 1. The van der Waals surface area contributed by atoms with Crippen LogP contribution in [-0.4, -0.2) is 41.2 Å². The van der Waals surface area contributed by atoms with E-state index in [0.29, 0.717) is 5.92 Å². The van der Waals surface area contributed by atoms with Crippen LogP contribution in [-0.2, 0) is 6.54 Å². The molecule has 4 nitrogen and oxygen atoms in total. The van der Waals surface area contributed by atoms with Gasteiger partial charge in [-0.3, -0.25) is 4.90 Å². The summed E-state index contributed by atoms with van der Waals surface area (Å²) in [7, 11) is 1.91. The molecule has 0 aromatic carbocycles. The second-order valence-corrected chi connectivity index (χ2v) is 5.12. The Morgan fingerprint density at radius 2 is 2.22 bits per heavy atom. The predicted molar refractivity (Wildman–Crippen MR) is 73.5 cm³/mol. The quantitative estimate of drug-likeness (QED) is 0.853. The minimum atomic E-state index is -0.168. The van der Waals surface area contributed by atoms with Crippen molar-refractivity contribution in [3.8, 4) is 0 Å². The molecule has 18 heavy (non-hydrogen) atoms. The molecule has 2 heterocycles. The fraction of sp³-hybridized carbons (Fsp3) is 0.643. The van der Waals surface area contributed by atoms with Gasteiger partial charge in [0, 0.05) is 25.4 Å². The smallest absolute Gasteiger partial charge is 0.130 e. The minimum absolute atomic E-state index is 0.168. The fourth-order valence-electron chi connectivity index (χ4n) is 2.63. The van der Waals surface area contributed by atoms with Gasteiger partial charge in [0.15, 0.2) is 0 Å². The van der Waals surface area contributed by atoms with Gasteiger partial charge >= 0.3 is 0 Å². The van der Waals surface area contributed by atoms with E-state index in [2.05, 4.69) is 21.3 Å². The van der Waals surface area contributed by atoms with Crippen molar-refractivity contribution in [3.63, 3.8) is 0 Å². The van der Waals surface area contributed by atoms with Gasteiger partial charge in [0.1, 0.15) is 5.82 Å². The van der Waals surface area contributed by atoms with E-state index in [1.165, 1.54) is 5.56 Å². The van der Waals surface area contributed by atoms with Gasteiger partial charge in [-0.05, 0) is 44.8 Å². The maximum atomic E-state index is 9.60. The van der Waals surface area contributed by atoms with Gasteiger partial charge in [-0.25, -0.2) is 4.98 Å². The van der Waals surface area contributed by atoms with Gasteiger partial charge in [-0.1, -0.05) is 6.07 Å². The van der Waals surface area contributed by atoms with Gasteiger partial charge in [0.2, 0.25) is 0 Å². The molecular weight excluding hydrogens is 226 g/mol. The van der Waals surface area contributed by atoms with E-state index >= 15 is 0 Å². The molecule has 2 rings (SSSR count). The largest absolute Gasteiger partial charge is 0.393 e. The predicted octanol–water partition coefficient (Wildman–Crippen LogP) is 1.72. The van der Waals surface area contributed by atoms with E-state index in [1.54, 1.807) is 0 Å². The molecule has 100 valence electrons. The van der Waals surface area contributed by atoms with Crippen LogP contribution in [0, 0.1) is 5.92 Å². The number of likely N-dealkylation sites (tertiary alicyclic amines) is 1. The van der Waals surface area contributed by atoms with Gasteiger partial charge < -0.3 is 10.4 Å². The number of aliphatic hydroxyl groups is 1. The minimum Gasteiger partial charge on any atom is -0.393 e. The molecule has 0 aliphatic carbocycles. The lowest BCUT2D eigenvalue weighted by atomic mass is 9.92. The first-order valence-electron chi connectivity index (χ1n) is 6.72. The van der Waals surface area contributed by atoms with Crippen LogP contribution >= 0.6 is 0 Å². The van der Waals surface area contributed by atoms with Crippen LogP contribution in [0.5, 0.6) is 0 Å². The topological polar surface area (TPSA) is 48.4 Å². The highest BCUT2D eigenvalue weighted by Gasteiger charge is 2.22. The standard InChI is InChI=1S/C14H23N3O/c1-11(18)12-5-8-17(9-6-12)10-13-4-3-7-16-14(13)15-2/h3-4,7,11-12,18H,5-6,8-10H2,1-2H3,(H,15,16). The number of hydrogen-bond acceptors (Lipinski definition) is 4. The summed E-state index contributed by atoms with van der Waals surface area (Å²) in [6.07, 6.45) is 3.83. The zero-order chi connectivity index (χ0) is 13.0. The van der Waals surface area contributed by atoms with Crippen molar-refractivity contribution in [2.75, 3.05) is 25.5 Å². The third-order valence-electron chi connectivity index (χ3n) is 3.84. The Kier molecular flexibility index (Phi) is 4.55. The number of aliphatic hydroxyl groups excluding tert-OH is 1. The Hall–Kier alpha value is -1.13. The Morgan fingerprint density at radius 3 is 2.83 bits per heavy atom. The average molecular weight is 249 g/mol. The normalized spacial score (nSPS) is 19.7. The van der Waals surface area contributed by atoms with Crippen LogP contribution in [0.4, 0.5) is 5.82 Å². The van der Waals surface area contributed by atoms with E-state index in [9.17, 15) is 5.11 Å². The number of anilines is 1. The van der Waals surface area contributed by atoms with E-state index in [1.807, 2.05) is 26.2 Å². The zero-order valence-electron chi connectivity index (χ0n) is 11.3. The van der Waals surface area contributed by atoms with Crippen LogP contribution in [0.2, 0.25) is 0 Å². The van der Waals surface area contributed by atoms with E-state index in [4.69, 9.17) is 0 Å². The maximum Gasteiger partial charge on any atom is 0.130 e. The maximum absolute atomic E-state index is 9.60. The highest BCUT2D eigenvalue weighted by Crippen LogP contribution is 2.23. The number of hydrogen-bond donors (Lipinski definition) is 2. The van der Waals surface area contributed by atoms with Crippen molar-refractivity contribution in [2.45, 2.75) is 32.4 Å². The van der Waals surface area contributed by atoms with Crippen molar-refractivity contribution in [1.29, 1.82) is 0 Å². The molecule has 4 heteroatoms. The van der Waals surface area contributed by atoms with Gasteiger partial charge in [-0.15, -0.1) is 0 Å². The number of aromatic nitrogens is 1. The second kappa shape index (κ2) is 6.16. The van der Waals surface area contributed by atoms with E-state index in [-0.39, 0.29) is 6.10 Å². The summed E-state index contributed by atoms with van der Waals surface area (Å²) >= 11 is 0. The average Bonchev–Trinajstić information content (AvgIpc) is 2.40. The molecule has 1 aliphatic heterocycles. The molecule has 0 spiro atoms. The Balaban J connectivity index is 1.91. The first-order chi connectivity index (χ1) is 8.70. The third kappa shape index (κ3) is 3.21. The van der Waals surface area contributed by atoms with Crippen LogP contribution in [0.3, 0.4) is 0 Å². The van der Waals surface area contributed by atoms with Crippen molar-refractivity contribution in [2.24, 2.45) is 5.92 Å². The SMILES string of the molecule is CNc1ncccc1CN1CCC(C(C)O)CC1. The first kappa shape index (κ1) is 13.3. The summed E-state index contributed by atoms with van der Waals surface area (Å²) < 4.78 is 0. The molecule has 1 unspecified atom stereocenters. The molecular formula is C14H23N3O. The van der Waals surface area contributed by atoms with Crippen LogP contribution in [0.25, 0.3) is 0 Å². The fourth-order valence-corrected chi connectivity index (χ4v) is 2.63. The van der Waals surface area contributed by atoms with Crippen LogP contribution in [0.15, 0.2) is 18.3 Å². The molecule has 0 saturated carbocycles. The number of rotatable bonds is 4. The second-order valence-electron chi connectivity index (χ2n) is 5.12. The summed E-state index contributed by atoms with van der Waals surface area (Å²) in [5, 5.41) is 12.7. The molecule has 1 atom stereocenters. The molecule has 1 aromatic heterocycles. The molecule has 1 fully saturated rings. The van der Waals surface area contributed by atoms with Crippen molar-refractivity contribution in [1.82, 2.24) is 9.88 Å². The number of piperidine rings is 1. The summed E-state index contributed by atoms with van der Waals surface area (Å²) in [5.41, 5.74) is 1.25. The van der Waals surface area contributed by atoms with Crippen molar-refractivity contribution in [3.05, 3.63) is 23.9 Å². The molecule has 0 radical (unpaired) electrons. The van der Waals surface area contributed by atoms with Crippen molar-refractivity contribution < 1.29 is 5.11 Å². The Labute approximate surface area is 109 Å². The van der Waals surface area contributed by atoms with E-state index in [0.717, 1.165) is 38.3 Å².